The van der Waals surface area contributed by atoms with Crippen LogP contribution in [0.15, 0.2) is 70.6 Å². The maximum atomic E-state index is 5.41. The van der Waals surface area contributed by atoms with E-state index in [1.807, 2.05) is 36.4 Å². The summed E-state index contributed by atoms with van der Waals surface area (Å²) in [6.45, 7) is 2.44. The Morgan fingerprint density at radius 3 is 1.52 bits per heavy atom. The molecule has 0 saturated carbocycles. The SMILES string of the molecule is C(COCC=NCc1ccccc1)=NCc1ccccc1. The molecule has 3 heteroatoms. The molecule has 108 valence electrons. The van der Waals surface area contributed by atoms with Crippen LogP contribution in [0.2, 0.25) is 0 Å². The summed E-state index contributed by atoms with van der Waals surface area (Å²) in [5, 5.41) is 0. The van der Waals surface area contributed by atoms with Gasteiger partial charge in [0.1, 0.15) is 0 Å². The molecule has 21 heavy (non-hydrogen) atoms. The van der Waals surface area contributed by atoms with Gasteiger partial charge >= 0.3 is 0 Å². The quantitative estimate of drug-likeness (QED) is 0.538. The Balaban J connectivity index is 1.54. The number of rotatable bonds is 8. The molecule has 0 aliphatic carbocycles. The molecule has 0 saturated heterocycles. The third kappa shape index (κ3) is 6.63. The molecule has 0 bridgehead atoms. The highest BCUT2D eigenvalue weighted by Crippen LogP contribution is 2.00. The molecule has 0 spiro atoms. The molecule has 0 amide bonds. The third-order valence-corrected chi connectivity index (χ3v) is 2.88. The first-order valence-corrected chi connectivity index (χ1v) is 7.07. The average Bonchev–Trinajstić information content (AvgIpc) is 2.55. The minimum Gasteiger partial charge on any atom is -0.370 e. The predicted molar refractivity (Wildman–Crippen MR) is 88.1 cm³/mol. The predicted octanol–water partition coefficient (Wildman–Crippen LogP) is 3.55. The van der Waals surface area contributed by atoms with E-state index in [1.54, 1.807) is 12.4 Å². The lowest BCUT2D eigenvalue weighted by Crippen LogP contribution is -1.99. The Hall–Kier alpha value is -2.26. The molecule has 0 unspecified atom stereocenters. The maximum Gasteiger partial charge on any atom is 0.0819 e. The zero-order chi connectivity index (χ0) is 14.6. The first-order chi connectivity index (χ1) is 10.4. The number of hydrogen-bond donors (Lipinski definition) is 0. The Bertz CT molecular complexity index is 498. The fourth-order valence-corrected chi connectivity index (χ4v) is 1.79. The summed E-state index contributed by atoms with van der Waals surface area (Å²) >= 11 is 0. The van der Waals surface area contributed by atoms with Crippen molar-refractivity contribution in [3.05, 3.63) is 71.8 Å². The molecular weight excluding hydrogens is 260 g/mol. The van der Waals surface area contributed by atoms with Gasteiger partial charge in [-0.2, -0.15) is 0 Å². The molecule has 2 aromatic rings. The van der Waals surface area contributed by atoms with Gasteiger partial charge in [-0.05, 0) is 11.1 Å². The molecule has 0 aromatic heterocycles. The van der Waals surface area contributed by atoms with Crippen LogP contribution in [-0.2, 0) is 17.8 Å². The fourth-order valence-electron chi connectivity index (χ4n) is 1.79. The van der Waals surface area contributed by atoms with E-state index in [9.17, 15) is 0 Å². The van der Waals surface area contributed by atoms with Crippen LogP contribution < -0.4 is 0 Å². The van der Waals surface area contributed by atoms with Gasteiger partial charge in [0, 0.05) is 12.4 Å². The number of ether oxygens (including phenoxy) is 1. The lowest BCUT2D eigenvalue weighted by atomic mass is 10.2. The van der Waals surface area contributed by atoms with Crippen LogP contribution in [0.4, 0.5) is 0 Å². The summed E-state index contributed by atoms with van der Waals surface area (Å²) in [7, 11) is 0. The van der Waals surface area contributed by atoms with Gasteiger partial charge < -0.3 is 4.74 Å². The van der Waals surface area contributed by atoms with Crippen LogP contribution in [0.1, 0.15) is 11.1 Å². The van der Waals surface area contributed by atoms with Crippen LogP contribution in [0.3, 0.4) is 0 Å². The van der Waals surface area contributed by atoms with Gasteiger partial charge in [0.25, 0.3) is 0 Å². The van der Waals surface area contributed by atoms with Gasteiger partial charge in [-0.3, -0.25) is 9.98 Å². The topological polar surface area (TPSA) is 34.0 Å². The van der Waals surface area contributed by atoms with Crippen molar-refractivity contribution in [2.45, 2.75) is 13.1 Å². The molecular formula is C18H20N2O. The lowest BCUT2D eigenvalue weighted by molar-refractivity contribution is 0.220. The maximum absolute atomic E-state index is 5.41. The summed E-state index contributed by atoms with van der Waals surface area (Å²) in [5.41, 5.74) is 2.41. The van der Waals surface area contributed by atoms with Crippen molar-refractivity contribution >= 4 is 12.4 Å². The van der Waals surface area contributed by atoms with E-state index < -0.39 is 0 Å². The fraction of sp³-hybridized carbons (Fsp3) is 0.222. The van der Waals surface area contributed by atoms with Gasteiger partial charge in [-0.25, -0.2) is 0 Å². The molecule has 2 rings (SSSR count). The molecule has 0 aliphatic heterocycles. The zero-order valence-corrected chi connectivity index (χ0v) is 12.1. The van der Waals surface area contributed by atoms with E-state index in [4.69, 9.17) is 4.74 Å². The molecule has 0 fully saturated rings. The van der Waals surface area contributed by atoms with Crippen LogP contribution in [0.5, 0.6) is 0 Å². The van der Waals surface area contributed by atoms with Gasteiger partial charge in [-0.15, -0.1) is 0 Å². The number of aliphatic imine (C=N–C) groups is 2. The van der Waals surface area contributed by atoms with Crippen LogP contribution in [0, 0.1) is 0 Å². The second-order valence-electron chi connectivity index (χ2n) is 4.56. The molecule has 0 radical (unpaired) electrons. The second kappa shape index (κ2) is 9.61. The molecule has 0 atom stereocenters. The second-order valence-corrected chi connectivity index (χ2v) is 4.56. The van der Waals surface area contributed by atoms with Crippen molar-refractivity contribution in [2.75, 3.05) is 13.2 Å². The van der Waals surface area contributed by atoms with Crippen molar-refractivity contribution in [3.8, 4) is 0 Å². The van der Waals surface area contributed by atoms with Crippen molar-refractivity contribution < 1.29 is 4.74 Å². The van der Waals surface area contributed by atoms with Gasteiger partial charge in [0.2, 0.25) is 0 Å². The summed E-state index contributed by atoms with van der Waals surface area (Å²) in [6, 6.07) is 20.3. The Morgan fingerprint density at radius 1 is 0.667 bits per heavy atom. The van der Waals surface area contributed by atoms with Crippen LogP contribution in [-0.4, -0.2) is 25.6 Å². The monoisotopic (exact) mass is 280 g/mol. The zero-order valence-electron chi connectivity index (χ0n) is 12.1. The van der Waals surface area contributed by atoms with Gasteiger partial charge in [0.05, 0.1) is 26.3 Å². The first kappa shape index (κ1) is 15.1. The van der Waals surface area contributed by atoms with Crippen molar-refractivity contribution in [1.82, 2.24) is 0 Å². The van der Waals surface area contributed by atoms with E-state index in [0.717, 1.165) is 0 Å². The summed E-state index contributed by atoms with van der Waals surface area (Å²) in [5.74, 6) is 0. The largest absolute Gasteiger partial charge is 0.370 e. The van der Waals surface area contributed by atoms with E-state index in [-0.39, 0.29) is 0 Å². The van der Waals surface area contributed by atoms with Crippen LogP contribution in [0.25, 0.3) is 0 Å². The average molecular weight is 280 g/mol. The third-order valence-electron chi connectivity index (χ3n) is 2.88. The molecule has 0 N–H and O–H groups in total. The van der Waals surface area contributed by atoms with E-state index in [2.05, 4.69) is 34.3 Å². The minimum atomic E-state index is 0.518. The molecule has 3 nitrogen and oxygen atoms in total. The highest BCUT2D eigenvalue weighted by atomic mass is 16.5. The van der Waals surface area contributed by atoms with E-state index >= 15 is 0 Å². The van der Waals surface area contributed by atoms with Crippen LogP contribution >= 0.6 is 0 Å². The minimum absolute atomic E-state index is 0.518. The summed E-state index contributed by atoms with van der Waals surface area (Å²) in [6.07, 6.45) is 3.61. The number of nitrogens with zero attached hydrogens (tertiary/aromatic N) is 2. The van der Waals surface area contributed by atoms with Crippen molar-refractivity contribution in [3.63, 3.8) is 0 Å². The smallest absolute Gasteiger partial charge is 0.0819 e. The summed E-state index contributed by atoms with van der Waals surface area (Å²) < 4.78 is 5.41. The molecule has 0 aliphatic rings. The van der Waals surface area contributed by atoms with Gasteiger partial charge in [-0.1, -0.05) is 60.7 Å². The van der Waals surface area contributed by atoms with Crippen molar-refractivity contribution in [1.29, 1.82) is 0 Å². The Morgan fingerprint density at radius 2 is 1.10 bits per heavy atom. The number of hydrogen-bond acceptors (Lipinski definition) is 3. The highest BCUT2D eigenvalue weighted by Gasteiger charge is 1.87. The summed E-state index contributed by atoms with van der Waals surface area (Å²) in [4.78, 5) is 8.62. The van der Waals surface area contributed by atoms with E-state index in [0.29, 0.717) is 26.3 Å². The highest BCUT2D eigenvalue weighted by molar-refractivity contribution is 5.61. The first-order valence-electron chi connectivity index (χ1n) is 7.07. The molecule has 2 aromatic carbocycles. The molecule has 0 heterocycles. The van der Waals surface area contributed by atoms with Gasteiger partial charge in [0.15, 0.2) is 0 Å². The Labute approximate surface area is 126 Å². The van der Waals surface area contributed by atoms with Crippen molar-refractivity contribution in [2.24, 2.45) is 9.98 Å². The standard InChI is InChI=1S/C18H20N2O/c1-3-7-17(8-4-1)15-19-11-13-21-14-12-20-16-18-9-5-2-6-10-18/h1-12H,13-16H2. The number of benzene rings is 2. The normalized spacial score (nSPS) is 11.4. The lowest BCUT2D eigenvalue weighted by Gasteiger charge is -1.97. The van der Waals surface area contributed by atoms with E-state index in [1.165, 1.54) is 11.1 Å². The Kier molecular flexibility index (Phi) is 6.93.